The Labute approximate surface area is 137 Å². The third-order valence-corrected chi connectivity index (χ3v) is 4.32. The molecule has 0 saturated carbocycles. The van der Waals surface area contributed by atoms with E-state index in [2.05, 4.69) is 43.6 Å². The van der Waals surface area contributed by atoms with Crippen LogP contribution < -0.4 is 9.80 Å². The van der Waals surface area contributed by atoms with Gasteiger partial charge in [0.15, 0.2) is 0 Å². The van der Waals surface area contributed by atoms with Gasteiger partial charge in [-0.3, -0.25) is 0 Å². The lowest BCUT2D eigenvalue weighted by Crippen LogP contribution is -2.47. The van der Waals surface area contributed by atoms with Gasteiger partial charge >= 0.3 is 0 Å². The Kier molecular flexibility index (Phi) is 4.41. The number of hydrogen-bond donors (Lipinski definition) is 0. The van der Waals surface area contributed by atoms with E-state index < -0.39 is 0 Å². The molecule has 0 bridgehead atoms. The van der Waals surface area contributed by atoms with Crippen molar-refractivity contribution in [3.05, 3.63) is 35.0 Å². The smallest absolute Gasteiger partial charge is 0.225 e. The van der Waals surface area contributed by atoms with Crippen LogP contribution >= 0.6 is 0 Å². The van der Waals surface area contributed by atoms with Gasteiger partial charge in [0.1, 0.15) is 12.1 Å². The van der Waals surface area contributed by atoms with E-state index in [4.69, 9.17) is 0 Å². The summed E-state index contributed by atoms with van der Waals surface area (Å²) in [6.07, 6.45) is 2.63. The minimum absolute atomic E-state index is 0.844. The second kappa shape index (κ2) is 6.48. The first-order valence-electron chi connectivity index (χ1n) is 8.21. The van der Waals surface area contributed by atoms with E-state index in [1.165, 1.54) is 5.56 Å². The lowest BCUT2D eigenvalue weighted by Gasteiger charge is -2.36. The van der Waals surface area contributed by atoms with Gasteiger partial charge in [0.05, 0.1) is 0 Å². The molecule has 1 fully saturated rings. The quantitative estimate of drug-likeness (QED) is 0.865. The fraction of sp³-hybridized carbons (Fsp3) is 0.529. The fourth-order valence-electron chi connectivity index (χ4n) is 3.14. The van der Waals surface area contributed by atoms with Gasteiger partial charge in [-0.2, -0.15) is 0 Å². The Morgan fingerprint density at radius 1 is 0.913 bits per heavy atom. The Morgan fingerprint density at radius 2 is 1.52 bits per heavy atom. The highest BCUT2D eigenvalue weighted by Crippen LogP contribution is 2.22. The van der Waals surface area contributed by atoms with Crippen molar-refractivity contribution in [1.29, 1.82) is 0 Å². The molecule has 0 radical (unpaired) electrons. The Hall–Kier alpha value is -2.24. The summed E-state index contributed by atoms with van der Waals surface area (Å²) in [5.74, 6) is 1.93. The second-order valence-electron chi connectivity index (χ2n) is 6.04. The van der Waals surface area contributed by atoms with Gasteiger partial charge in [-0.25, -0.2) is 19.9 Å². The van der Waals surface area contributed by atoms with E-state index >= 15 is 0 Å². The van der Waals surface area contributed by atoms with Crippen LogP contribution in [0.3, 0.4) is 0 Å². The molecule has 3 heterocycles. The Balaban J connectivity index is 1.75. The number of piperazine rings is 1. The van der Waals surface area contributed by atoms with Crippen LogP contribution in [-0.2, 0) is 6.42 Å². The molecular formula is C17H24N6. The highest BCUT2D eigenvalue weighted by atomic mass is 15.3. The van der Waals surface area contributed by atoms with E-state index in [0.29, 0.717) is 0 Å². The summed E-state index contributed by atoms with van der Waals surface area (Å²) in [7, 11) is 0. The normalized spacial score (nSPS) is 15.1. The van der Waals surface area contributed by atoms with Crippen LogP contribution in [0.2, 0.25) is 0 Å². The van der Waals surface area contributed by atoms with Crippen LogP contribution in [0.15, 0.2) is 12.4 Å². The average molecular weight is 312 g/mol. The van der Waals surface area contributed by atoms with Gasteiger partial charge in [0.25, 0.3) is 0 Å². The van der Waals surface area contributed by atoms with Gasteiger partial charge in [0, 0.05) is 48.8 Å². The molecule has 122 valence electrons. The summed E-state index contributed by atoms with van der Waals surface area (Å²) in [5, 5.41) is 0. The maximum Gasteiger partial charge on any atom is 0.225 e. The summed E-state index contributed by atoms with van der Waals surface area (Å²) in [5.41, 5.74) is 4.38. The van der Waals surface area contributed by atoms with Crippen molar-refractivity contribution in [2.24, 2.45) is 0 Å². The molecule has 1 saturated heterocycles. The minimum Gasteiger partial charge on any atom is -0.353 e. The van der Waals surface area contributed by atoms with Crippen molar-refractivity contribution in [2.45, 2.75) is 34.1 Å². The number of aryl methyl sites for hydroxylation is 3. The molecule has 3 rings (SSSR count). The Bertz CT molecular complexity index is 671. The summed E-state index contributed by atoms with van der Waals surface area (Å²) in [6.45, 7) is 11.9. The molecule has 1 aliphatic rings. The Morgan fingerprint density at radius 3 is 2.13 bits per heavy atom. The van der Waals surface area contributed by atoms with Crippen molar-refractivity contribution in [3.8, 4) is 0 Å². The van der Waals surface area contributed by atoms with E-state index in [1.54, 1.807) is 6.33 Å². The van der Waals surface area contributed by atoms with E-state index in [0.717, 1.165) is 61.4 Å². The van der Waals surface area contributed by atoms with Crippen LogP contribution in [0.4, 0.5) is 11.8 Å². The topological polar surface area (TPSA) is 58.0 Å². The molecule has 0 unspecified atom stereocenters. The van der Waals surface area contributed by atoms with Crippen LogP contribution in [-0.4, -0.2) is 46.1 Å². The minimum atomic E-state index is 0.844. The molecule has 0 spiro atoms. The zero-order chi connectivity index (χ0) is 16.4. The average Bonchev–Trinajstić information content (AvgIpc) is 2.54. The van der Waals surface area contributed by atoms with Gasteiger partial charge in [0.2, 0.25) is 5.95 Å². The van der Waals surface area contributed by atoms with E-state index in [-0.39, 0.29) is 0 Å². The van der Waals surface area contributed by atoms with Crippen LogP contribution in [0.1, 0.15) is 29.6 Å². The molecule has 2 aromatic heterocycles. The van der Waals surface area contributed by atoms with Crippen molar-refractivity contribution in [2.75, 3.05) is 36.0 Å². The standard InChI is InChI=1S/C17H24N6/c1-5-15-14(4)18-11-19-16(15)22-6-8-23(9-7-22)17-20-12(2)10-13(3)21-17/h10-11H,5-9H2,1-4H3. The van der Waals surface area contributed by atoms with Gasteiger partial charge < -0.3 is 9.80 Å². The van der Waals surface area contributed by atoms with Crippen molar-refractivity contribution < 1.29 is 0 Å². The zero-order valence-electron chi connectivity index (χ0n) is 14.4. The van der Waals surface area contributed by atoms with E-state index in [1.807, 2.05) is 19.9 Å². The molecule has 0 amide bonds. The SMILES string of the molecule is CCc1c(C)ncnc1N1CCN(c2nc(C)cc(C)n2)CC1. The van der Waals surface area contributed by atoms with Crippen molar-refractivity contribution in [3.63, 3.8) is 0 Å². The number of aromatic nitrogens is 4. The highest BCUT2D eigenvalue weighted by molar-refractivity contribution is 5.50. The highest BCUT2D eigenvalue weighted by Gasteiger charge is 2.22. The lowest BCUT2D eigenvalue weighted by atomic mass is 10.1. The van der Waals surface area contributed by atoms with Crippen molar-refractivity contribution >= 4 is 11.8 Å². The number of anilines is 2. The summed E-state index contributed by atoms with van der Waals surface area (Å²) < 4.78 is 0. The first kappa shape index (κ1) is 15.6. The van der Waals surface area contributed by atoms with Crippen LogP contribution in [0.5, 0.6) is 0 Å². The number of nitrogens with zero attached hydrogens (tertiary/aromatic N) is 6. The van der Waals surface area contributed by atoms with E-state index in [9.17, 15) is 0 Å². The largest absolute Gasteiger partial charge is 0.353 e. The molecule has 2 aromatic rings. The maximum absolute atomic E-state index is 4.57. The third kappa shape index (κ3) is 3.25. The zero-order valence-corrected chi connectivity index (χ0v) is 14.4. The van der Waals surface area contributed by atoms with Gasteiger partial charge in [-0.1, -0.05) is 6.92 Å². The maximum atomic E-state index is 4.57. The van der Waals surface area contributed by atoms with Gasteiger partial charge in [-0.05, 0) is 33.3 Å². The summed E-state index contributed by atoms with van der Waals surface area (Å²) in [4.78, 5) is 22.6. The molecule has 6 heteroatoms. The summed E-state index contributed by atoms with van der Waals surface area (Å²) >= 11 is 0. The molecule has 0 N–H and O–H groups in total. The molecule has 6 nitrogen and oxygen atoms in total. The molecule has 23 heavy (non-hydrogen) atoms. The van der Waals surface area contributed by atoms with Gasteiger partial charge in [-0.15, -0.1) is 0 Å². The summed E-state index contributed by atoms with van der Waals surface area (Å²) in [6, 6.07) is 2.01. The molecule has 1 aliphatic heterocycles. The van der Waals surface area contributed by atoms with Crippen molar-refractivity contribution in [1.82, 2.24) is 19.9 Å². The predicted octanol–water partition coefficient (Wildman–Crippen LogP) is 2.08. The first-order chi connectivity index (χ1) is 11.1. The first-order valence-corrected chi connectivity index (χ1v) is 8.21. The molecular weight excluding hydrogens is 288 g/mol. The van der Waals surface area contributed by atoms with Crippen LogP contribution in [0.25, 0.3) is 0 Å². The third-order valence-electron chi connectivity index (χ3n) is 4.32. The van der Waals surface area contributed by atoms with Crippen LogP contribution in [0, 0.1) is 20.8 Å². The second-order valence-corrected chi connectivity index (χ2v) is 6.04. The number of hydrogen-bond acceptors (Lipinski definition) is 6. The predicted molar refractivity (Wildman–Crippen MR) is 92.1 cm³/mol. The lowest BCUT2D eigenvalue weighted by molar-refractivity contribution is 0.629. The number of rotatable bonds is 3. The monoisotopic (exact) mass is 312 g/mol. The fourth-order valence-corrected chi connectivity index (χ4v) is 3.14. The molecule has 0 aromatic carbocycles. The molecule has 0 atom stereocenters. The molecule has 0 aliphatic carbocycles.